The van der Waals surface area contributed by atoms with E-state index in [1.807, 2.05) is 55.5 Å². The van der Waals surface area contributed by atoms with Crippen molar-refractivity contribution in [1.29, 1.82) is 0 Å². The Balaban J connectivity index is 2.10. The van der Waals surface area contributed by atoms with E-state index in [-0.39, 0.29) is 6.42 Å². The zero-order valence-electron chi connectivity index (χ0n) is 17.7. The zero-order valence-corrected chi connectivity index (χ0v) is 17.7. The van der Waals surface area contributed by atoms with Crippen molar-refractivity contribution >= 4 is 12.1 Å². The highest BCUT2D eigenvalue weighted by Crippen LogP contribution is 2.22. The molecule has 1 unspecified atom stereocenters. The molecule has 1 atom stereocenters. The molecule has 0 spiro atoms. The molecule has 0 saturated heterocycles. The van der Waals surface area contributed by atoms with Crippen LogP contribution >= 0.6 is 0 Å². The van der Waals surface area contributed by atoms with Crippen LogP contribution in [0.25, 0.3) is 0 Å². The number of methoxy groups -OCH3 is 1. The molecule has 156 valence electrons. The number of hydrogen-bond acceptors (Lipinski definition) is 5. The molecule has 0 aliphatic heterocycles. The van der Waals surface area contributed by atoms with Crippen LogP contribution in [0.4, 0.5) is 4.79 Å². The van der Waals surface area contributed by atoms with E-state index < -0.39 is 23.7 Å². The second-order valence-corrected chi connectivity index (χ2v) is 7.80. The van der Waals surface area contributed by atoms with Crippen molar-refractivity contribution in [2.45, 2.75) is 52.4 Å². The number of esters is 1. The highest BCUT2D eigenvalue weighted by atomic mass is 16.6. The van der Waals surface area contributed by atoms with Gasteiger partial charge in [-0.1, -0.05) is 42.5 Å². The van der Waals surface area contributed by atoms with Crippen molar-refractivity contribution in [2.24, 2.45) is 0 Å². The van der Waals surface area contributed by atoms with E-state index in [0.29, 0.717) is 6.61 Å². The van der Waals surface area contributed by atoms with Crippen LogP contribution in [0.5, 0.6) is 5.75 Å². The molecule has 6 heteroatoms. The highest BCUT2D eigenvalue weighted by molar-refractivity contribution is 5.81. The second-order valence-electron chi connectivity index (χ2n) is 7.80. The average molecular weight is 399 g/mol. The molecule has 0 aromatic heterocycles. The Morgan fingerprint density at radius 1 is 1.03 bits per heavy atom. The van der Waals surface area contributed by atoms with Crippen molar-refractivity contribution in [3.8, 4) is 5.75 Å². The number of carbonyl (C=O) groups excluding carboxylic acids is 2. The van der Waals surface area contributed by atoms with Crippen LogP contribution in [-0.4, -0.2) is 30.8 Å². The monoisotopic (exact) mass is 399 g/mol. The summed E-state index contributed by atoms with van der Waals surface area (Å²) in [4.78, 5) is 24.3. The number of ether oxygens (including phenoxy) is 3. The van der Waals surface area contributed by atoms with Gasteiger partial charge in [-0.15, -0.1) is 0 Å². The molecular formula is C23H29NO5. The van der Waals surface area contributed by atoms with E-state index >= 15 is 0 Å². The van der Waals surface area contributed by atoms with Gasteiger partial charge in [-0.05, 0) is 50.5 Å². The van der Waals surface area contributed by atoms with Crippen LogP contribution in [0.3, 0.4) is 0 Å². The summed E-state index contributed by atoms with van der Waals surface area (Å²) in [5.74, 6) is 0.190. The fourth-order valence-electron chi connectivity index (χ4n) is 2.68. The highest BCUT2D eigenvalue weighted by Gasteiger charge is 2.25. The molecule has 29 heavy (non-hydrogen) atoms. The first kappa shape index (κ1) is 22.3. The number of amides is 1. The van der Waals surface area contributed by atoms with E-state index in [0.717, 1.165) is 22.4 Å². The number of rotatable bonds is 7. The topological polar surface area (TPSA) is 73.9 Å². The molecule has 6 nitrogen and oxygen atoms in total. The van der Waals surface area contributed by atoms with Gasteiger partial charge in [0.2, 0.25) is 0 Å². The molecule has 1 amide bonds. The Hall–Kier alpha value is -3.02. The lowest BCUT2D eigenvalue weighted by Gasteiger charge is -2.23. The molecule has 0 heterocycles. The maximum Gasteiger partial charge on any atom is 0.408 e. The Morgan fingerprint density at radius 2 is 1.72 bits per heavy atom. The Labute approximate surface area is 172 Å². The summed E-state index contributed by atoms with van der Waals surface area (Å²) in [6.07, 6.45) is -0.408. The minimum atomic E-state index is -0.862. The minimum Gasteiger partial charge on any atom is -0.489 e. The van der Waals surface area contributed by atoms with Crippen LogP contribution in [0.15, 0.2) is 48.5 Å². The van der Waals surface area contributed by atoms with Crippen molar-refractivity contribution in [3.05, 3.63) is 65.2 Å². The van der Waals surface area contributed by atoms with Gasteiger partial charge in [0, 0.05) is 6.42 Å². The van der Waals surface area contributed by atoms with Crippen LogP contribution in [0, 0.1) is 6.92 Å². The van der Waals surface area contributed by atoms with Gasteiger partial charge in [0.15, 0.2) is 0 Å². The van der Waals surface area contributed by atoms with Gasteiger partial charge in [-0.25, -0.2) is 9.59 Å². The van der Waals surface area contributed by atoms with Crippen molar-refractivity contribution in [3.63, 3.8) is 0 Å². The van der Waals surface area contributed by atoms with Gasteiger partial charge >= 0.3 is 12.1 Å². The van der Waals surface area contributed by atoms with Gasteiger partial charge in [0.1, 0.15) is 24.0 Å². The third-order valence-electron chi connectivity index (χ3n) is 4.11. The van der Waals surface area contributed by atoms with E-state index in [4.69, 9.17) is 14.2 Å². The van der Waals surface area contributed by atoms with E-state index in [1.54, 1.807) is 20.8 Å². The summed E-state index contributed by atoms with van der Waals surface area (Å²) < 4.78 is 16.0. The molecule has 0 bridgehead atoms. The third-order valence-corrected chi connectivity index (χ3v) is 4.11. The lowest BCUT2D eigenvalue weighted by atomic mass is 10.0. The summed E-state index contributed by atoms with van der Waals surface area (Å²) in [5, 5.41) is 2.59. The summed E-state index contributed by atoms with van der Waals surface area (Å²) in [6.45, 7) is 7.69. The van der Waals surface area contributed by atoms with Crippen molar-refractivity contribution < 1.29 is 23.8 Å². The summed E-state index contributed by atoms with van der Waals surface area (Å²) in [5.41, 5.74) is 2.23. The lowest BCUT2D eigenvalue weighted by molar-refractivity contribution is -0.143. The van der Waals surface area contributed by atoms with Crippen LogP contribution in [0.1, 0.15) is 37.5 Å². The summed E-state index contributed by atoms with van der Waals surface area (Å²) >= 11 is 0. The number of hydrogen-bond donors (Lipinski definition) is 1. The fourth-order valence-corrected chi connectivity index (χ4v) is 2.68. The predicted octanol–water partition coefficient (Wildman–Crippen LogP) is 4.18. The Morgan fingerprint density at radius 3 is 2.34 bits per heavy atom. The van der Waals surface area contributed by atoms with Crippen molar-refractivity contribution in [1.82, 2.24) is 5.32 Å². The smallest absolute Gasteiger partial charge is 0.408 e. The largest absolute Gasteiger partial charge is 0.489 e. The van der Waals surface area contributed by atoms with Crippen LogP contribution < -0.4 is 10.1 Å². The SMILES string of the molecule is COC(=O)C(Cc1ccc(C)c(OCc2ccccc2)c1)NC(=O)OC(C)(C)C. The molecule has 0 fully saturated rings. The third kappa shape index (κ3) is 7.49. The predicted molar refractivity (Wildman–Crippen MR) is 111 cm³/mol. The van der Waals surface area contributed by atoms with Crippen LogP contribution in [-0.2, 0) is 27.3 Å². The maximum atomic E-state index is 12.2. The molecule has 2 aromatic rings. The lowest BCUT2D eigenvalue weighted by Crippen LogP contribution is -2.45. The van der Waals surface area contributed by atoms with Crippen molar-refractivity contribution in [2.75, 3.05) is 7.11 Å². The quantitative estimate of drug-likeness (QED) is 0.707. The second kappa shape index (κ2) is 9.96. The van der Waals surface area contributed by atoms with Gasteiger partial charge in [0.05, 0.1) is 7.11 Å². The molecule has 0 aliphatic rings. The zero-order chi connectivity index (χ0) is 21.4. The van der Waals surface area contributed by atoms with E-state index in [1.165, 1.54) is 7.11 Å². The molecule has 2 rings (SSSR count). The molecule has 0 saturated carbocycles. The van der Waals surface area contributed by atoms with E-state index in [9.17, 15) is 9.59 Å². The fraction of sp³-hybridized carbons (Fsp3) is 0.391. The number of benzene rings is 2. The Bertz CT molecular complexity index is 827. The maximum absolute atomic E-state index is 12.2. The number of alkyl carbamates (subject to hydrolysis) is 1. The average Bonchev–Trinajstić information content (AvgIpc) is 2.66. The Kier molecular flexibility index (Phi) is 7.65. The normalized spacial score (nSPS) is 12.0. The van der Waals surface area contributed by atoms with Gasteiger partial charge < -0.3 is 19.5 Å². The molecule has 0 aliphatic carbocycles. The number of nitrogens with one attached hydrogen (secondary N) is 1. The van der Waals surface area contributed by atoms with Gasteiger partial charge in [-0.2, -0.15) is 0 Å². The molecule has 0 radical (unpaired) electrons. The van der Waals surface area contributed by atoms with Gasteiger partial charge in [0.25, 0.3) is 0 Å². The summed E-state index contributed by atoms with van der Waals surface area (Å²) in [7, 11) is 1.29. The molecule has 2 aromatic carbocycles. The minimum absolute atomic E-state index is 0.258. The standard InChI is InChI=1S/C23H29NO5/c1-16-11-12-18(14-20(16)28-15-17-9-7-6-8-10-17)13-19(21(25)27-5)24-22(26)29-23(2,3)4/h6-12,14,19H,13,15H2,1-5H3,(H,24,26). The first-order valence-corrected chi connectivity index (χ1v) is 9.51. The van der Waals surface area contributed by atoms with Crippen LogP contribution in [0.2, 0.25) is 0 Å². The molecule has 1 N–H and O–H groups in total. The number of carbonyl (C=O) groups is 2. The first-order chi connectivity index (χ1) is 13.7. The van der Waals surface area contributed by atoms with E-state index in [2.05, 4.69) is 5.32 Å². The first-order valence-electron chi connectivity index (χ1n) is 9.51. The number of aryl methyl sites for hydroxylation is 1. The van der Waals surface area contributed by atoms with Gasteiger partial charge in [-0.3, -0.25) is 0 Å². The molecular weight excluding hydrogens is 370 g/mol. The summed E-state index contributed by atoms with van der Waals surface area (Å²) in [6, 6.07) is 14.7.